The Balaban J connectivity index is 2.12. The molecule has 8 heteroatoms. The maximum Gasteiger partial charge on any atom is 0.320 e. The fourth-order valence-electron chi connectivity index (χ4n) is 2.76. The van der Waals surface area contributed by atoms with E-state index in [1.807, 2.05) is 13.8 Å². The number of rotatable bonds is 10. The summed E-state index contributed by atoms with van der Waals surface area (Å²) in [6.45, 7) is 4.47. The topological polar surface area (TPSA) is 67.8 Å². The molecule has 0 fully saturated rings. The van der Waals surface area contributed by atoms with E-state index in [-0.39, 0.29) is 12.5 Å². The molecule has 1 unspecified atom stereocenters. The summed E-state index contributed by atoms with van der Waals surface area (Å²) in [5, 5.41) is 13.9. The number of nitrogens with one attached hydrogen (secondary N) is 1. The molecule has 29 heavy (non-hydrogen) atoms. The highest BCUT2D eigenvalue weighted by molar-refractivity contribution is 6.35. The van der Waals surface area contributed by atoms with Gasteiger partial charge in [0.2, 0.25) is 0 Å². The highest BCUT2D eigenvalue weighted by atomic mass is 35.5. The fourth-order valence-corrected chi connectivity index (χ4v) is 3.44. The van der Waals surface area contributed by atoms with E-state index in [2.05, 4.69) is 5.32 Å². The molecule has 2 N–H and O–H groups in total. The first kappa shape index (κ1) is 23.6. The molecule has 0 aliphatic heterocycles. The van der Waals surface area contributed by atoms with Gasteiger partial charge in [-0.3, -0.25) is 4.79 Å². The molecule has 1 atom stereocenters. The summed E-state index contributed by atoms with van der Waals surface area (Å²) in [4.78, 5) is 11.4. The maximum absolute atomic E-state index is 11.4. The van der Waals surface area contributed by atoms with Gasteiger partial charge in [-0.05, 0) is 36.1 Å². The first-order chi connectivity index (χ1) is 13.7. The van der Waals surface area contributed by atoms with E-state index in [0.717, 1.165) is 11.1 Å². The Morgan fingerprint density at radius 1 is 1.07 bits per heavy atom. The molecule has 0 heterocycles. The van der Waals surface area contributed by atoms with Gasteiger partial charge in [-0.25, -0.2) is 0 Å². The Morgan fingerprint density at radius 3 is 2.34 bits per heavy atom. The molecule has 0 saturated heterocycles. The lowest BCUT2D eigenvalue weighted by molar-refractivity contribution is -0.140. The summed E-state index contributed by atoms with van der Waals surface area (Å²) >= 11 is 18.5. The lowest BCUT2D eigenvalue weighted by Gasteiger charge is -2.18. The number of methoxy groups -OCH3 is 1. The van der Waals surface area contributed by atoms with Gasteiger partial charge in [-0.15, -0.1) is 0 Å². The van der Waals surface area contributed by atoms with Gasteiger partial charge in [0.25, 0.3) is 0 Å². The molecule has 2 rings (SSSR count). The maximum atomic E-state index is 11.4. The monoisotopic (exact) mass is 459 g/mol. The number of aliphatic carboxylic acids is 1. The number of ether oxygens (including phenoxy) is 2. The third kappa shape index (κ3) is 6.96. The molecule has 5 nitrogen and oxygen atoms in total. The minimum atomic E-state index is -0.887. The van der Waals surface area contributed by atoms with Crippen LogP contribution in [-0.4, -0.2) is 24.2 Å². The molecule has 0 aromatic heterocycles. The number of carboxylic acid groups (broad SMARTS) is 1. The van der Waals surface area contributed by atoms with Crippen LogP contribution in [0, 0.1) is 5.92 Å². The second kappa shape index (κ2) is 10.9. The van der Waals surface area contributed by atoms with Gasteiger partial charge in [0.15, 0.2) is 11.5 Å². The van der Waals surface area contributed by atoms with Crippen molar-refractivity contribution in [1.82, 2.24) is 5.32 Å². The molecular formula is C21H24Cl3NO4. The van der Waals surface area contributed by atoms with Gasteiger partial charge in [-0.2, -0.15) is 0 Å². The molecule has 0 radical (unpaired) electrons. The van der Waals surface area contributed by atoms with E-state index < -0.39 is 12.0 Å². The second-order valence-corrected chi connectivity index (χ2v) is 8.27. The fraction of sp³-hybridized carbons (Fsp3) is 0.381. The Kier molecular flexibility index (Phi) is 8.90. The number of halogens is 3. The van der Waals surface area contributed by atoms with Crippen LogP contribution >= 0.6 is 34.8 Å². The molecule has 0 aliphatic rings. The van der Waals surface area contributed by atoms with E-state index >= 15 is 0 Å². The van der Waals surface area contributed by atoms with Crippen LogP contribution in [0.3, 0.4) is 0 Å². The van der Waals surface area contributed by atoms with Crippen molar-refractivity contribution in [2.75, 3.05) is 7.11 Å². The smallest absolute Gasteiger partial charge is 0.320 e. The van der Waals surface area contributed by atoms with Crippen molar-refractivity contribution in [3.05, 3.63) is 56.5 Å². The number of hydrogen-bond acceptors (Lipinski definition) is 4. The van der Waals surface area contributed by atoms with Crippen molar-refractivity contribution in [2.24, 2.45) is 5.92 Å². The molecular weight excluding hydrogens is 437 g/mol. The summed E-state index contributed by atoms with van der Waals surface area (Å²) in [6, 6.07) is 7.91. The summed E-state index contributed by atoms with van der Waals surface area (Å²) in [5.74, 6) is 0.321. The summed E-state index contributed by atoms with van der Waals surface area (Å²) in [6.07, 6.45) is 0.521. The first-order valence-electron chi connectivity index (χ1n) is 9.10. The zero-order valence-electron chi connectivity index (χ0n) is 16.5. The second-order valence-electron chi connectivity index (χ2n) is 7.02. The van der Waals surface area contributed by atoms with Crippen molar-refractivity contribution in [3.63, 3.8) is 0 Å². The molecule has 2 aromatic rings. The summed E-state index contributed by atoms with van der Waals surface area (Å²) in [5.41, 5.74) is 1.49. The van der Waals surface area contributed by atoms with Crippen LogP contribution in [0.1, 0.15) is 31.4 Å². The van der Waals surface area contributed by atoms with E-state index in [0.29, 0.717) is 39.5 Å². The predicted molar refractivity (Wildman–Crippen MR) is 117 cm³/mol. The zero-order chi connectivity index (χ0) is 21.6. The van der Waals surface area contributed by atoms with Crippen molar-refractivity contribution in [2.45, 2.75) is 39.5 Å². The van der Waals surface area contributed by atoms with Crippen LogP contribution in [0.5, 0.6) is 11.5 Å². The lowest BCUT2D eigenvalue weighted by Crippen LogP contribution is -2.37. The minimum Gasteiger partial charge on any atom is -0.493 e. The number of hydrogen-bond donors (Lipinski definition) is 2. The Bertz CT molecular complexity index is 858. The molecule has 0 amide bonds. The molecule has 0 aliphatic carbocycles. The molecule has 0 bridgehead atoms. The average Bonchev–Trinajstić information content (AvgIpc) is 2.64. The van der Waals surface area contributed by atoms with Crippen molar-refractivity contribution in [3.8, 4) is 11.5 Å². The third-order valence-corrected chi connectivity index (χ3v) is 5.21. The number of carboxylic acids is 1. The van der Waals surface area contributed by atoms with Gasteiger partial charge in [0.1, 0.15) is 12.6 Å². The normalized spacial score (nSPS) is 12.1. The van der Waals surface area contributed by atoms with Gasteiger partial charge in [-0.1, -0.05) is 54.7 Å². The van der Waals surface area contributed by atoms with E-state index in [1.54, 1.807) is 30.3 Å². The molecule has 158 valence electrons. The summed E-state index contributed by atoms with van der Waals surface area (Å²) in [7, 11) is 1.53. The molecule has 2 aromatic carbocycles. The van der Waals surface area contributed by atoms with Gasteiger partial charge in [0.05, 0.1) is 7.11 Å². The number of carbonyl (C=O) groups is 1. The van der Waals surface area contributed by atoms with Crippen LogP contribution in [0.25, 0.3) is 0 Å². The minimum absolute atomic E-state index is 0.218. The van der Waals surface area contributed by atoms with Crippen LogP contribution in [0.4, 0.5) is 0 Å². The van der Waals surface area contributed by atoms with Crippen LogP contribution in [-0.2, 0) is 17.9 Å². The summed E-state index contributed by atoms with van der Waals surface area (Å²) < 4.78 is 11.3. The molecule has 0 saturated carbocycles. The third-order valence-electron chi connectivity index (χ3n) is 4.28. The van der Waals surface area contributed by atoms with Gasteiger partial charge in [0, 0.05) is 33.2 Å². The van der Waals surface area contributed by atoms with Crippen molar-refractivity contribution >= 4 is 40.8 Å². The Hall–Kier alpha value is -1.66. The largest absolute Gasteiger partial charge is 0.493 e. The SMILES string of the molecule is COc1cc(CNC(CC(C)C)C(=O)O)c(Cl)cc1OCc1ccc(Cl)cc1Cl. The van der Waals surface area contributed by atoms with Crippen LogP contribution in [0.2, 0.25) is 15.1 Å². The predicted octanol–water partition coefficient (Wildman–Crippen LogP) is 5.82. The lowest BCUT2D eigenvalue weighted by atomic mass is 10.0. The standard InChI is InChI=1S/C21H24Cl3NO4/c1-12(2)6-18(21(26)27)25-10-14-7-19(28-3)20(9-17(14)24)29-11-13-4-5-15(22)8-16(13)23/h4-5,7-9,12,18,25H,6,10-11H2,1-3H3,(H,26,27). The van der Waals surface area contributed by atoms with Crippen molar-refractivity contribution in [1.29, 1.82) is 0 Å². The quantitative estimate of drug-likeness (QED) is 0.467. The number of benzene rings is 2. The van der Waals surface area contributed by atoms with Gasteiger partial charge >= 0.3 is 5.97 Å². The Morgan fingerprint density at radius 2 is 1.76 bits per heavy atom. The zero-order valence-corrected chi connectivity index (χ0v) is 18.7. The highest BCUT2D eigenvalue weighted by Gasteiger charge is 2.19. The Labute approximate surface area is 185 Å². The van der Waals surface area contributed by atoms with Gasteiger partial charge < -0.3 is 19.9 Å². The van der Waals surface area contributed by atoms with Crippen LogP contribution in [0.15, 0.2) is 30.3 Å². The molecule has 0 spiro atoms. The van der Waals surface area contributed by atoms with Crippen molar-refractivity contribution < 1.29 is 19.4 Å². The highest BCUT2D eigenvalue weighted by Crippen LogP contribution is 2.34. The van der Waals surface area contributed by atoms with E-state index in [9.17, 15) is 9.90 Å². The van der Waals surface area contributed by atoms with E-state index in [4.69, 9.17) is 44.3 Å². The van der Waals surface area contributed by atoms with Crippen LogP contribution < -0.4 is 14.8 Å². The first-order valence-corrected chi connectivity index (χ1v) is 10.2. The van der Waals surface area contributed by atoms with E-state index in [1.165, 1.54) is 7.11 Å². The average molecular weight is 461 g/mol.